The highest BCUT2D eigenvalue weighted by molar-refractivity contribution is 5.49. The second-order valence-corrected chi connectivity index (χ2v) is 4.94. The standard InChI is InChI=1S/C14H21NO2/c1-11(2)17-14-5-3-13(4-6-14)15-8-7-12(9-15)10-16/h3-6,11-12,16H,7-10H2,1-2H3. The molecule has 0 aromatic heterocycles. The number of hydrogen-bond acceptors (Lipinski definition) is 3. The van der Waals surface area contributed by atoms with Gasteiger partial charge >= 0.3 is 0 Å². The molecule has 3 nitrogen and oxygen atoms in total. The van der Waals surface area contributed by atoms with Crippen LogP contribution in [0.3, 0.4) is 0 Å². The fourth-order valence-electron chi connectivity index (χ4n) is 2.22. The number of nitrogens with zero attached hydrogens (tertiary/aromatic N) is 1. The van der Waals surface area contributed by atoms with E-state index in [0.717, 1.165) is 25.3 Å². The topological polar surface area (TPSA) is 32.7 Å². The summed E-state index contributed by atoms with van der Waals surface area (Å²) in [4.78, 5) is 2.32. The average molecular weight is 235 g/mol. The molecule has 0 amide bonds. The van der Waals surface area contributed by atoms with Gasteiger partial charge in [-0.05, 0) is 44.5 Å². The molecule has 0 radical (unpaired) electrons. The minimum absolute atomic E-state index is 0.214. The summed E-state index contributed by atoms with van der Waals surface area (Å²) in [5.74, 6) is 1.35. The summed E-state index contributed by atoms with van der Waals surface area (Å²) in [6.45, 7) is 6.35. The summed E-state index contributed by atoms with van der Waals surface area (Å²) < 4.78 is 5.62. The SMILES string of the molecule is CC(C)Oc1ccc(N2CCC(CO)C2)cc1. The quantitative estimate of drug-likeness (QED) is 0.869. The van der Waals surface area contributed by atoms with Crippen molar-refractivity contribution in [3.63, 3.8) is 0 Å². The number of anilines is 1. The highest BCUT2D eigenvalue weighted by Gasteiger charge is 2.21. The van der Waals surface area contributed by atoms with Crippen molar-refractivity contribution >= 4 is 5.69 Å². The molecule has 1 aromatic carbocycles. The van der Waals surface area contributed by atoms with Gasteiger partial charge in [-0.3, -0.25) is 0 Å². The first-order valence-electron chi connectivity index (χ1n) is 6.31. The largest absolute Gasteiger partial charge is 0.491 e. The number of rotatable bonds is 4. The summed E-state index contributed by atoms with van der Waals surface area (Å²) in [6.07, 6.45) is 1.30. The Hall–Kier alpha value is -1.22. The number of benzene rings is 1. The minimum Gasteiger partial charge on any atom is -0.491 e. The predicted octanol–water partition coefficient (Wildman–Crippen LogP) is 2.29. The molecular weight excluding hydrogens is 214 g/mol. The van der Waals surface area contributed by atoms with Crippen LogP contribution in [0, 0.1) is 5.92 Å². The van der Waals surface area contributed by atoms with Gasteiger partial charge in [-0.15, -0.1) is 0 Å². The number of ether oxygens (including phenoxy) is 1. The molecule has 0 bridgehead atoms. The predicted molar refractivity (Wildman–Crippen MR) is 69.6 cm³/mol. The van der Waals surface area contributed by atoms with Gasteiger partial charge in [0.05, 0.1) is 6.10 Å². The van der Waals surface area contributed by atoms with Crippen LogP contribution >= 0.6 is 0 Å². The molecule has 1 heterocycles. The summed E-state index contributed by atoms with van der Waals surface area (Å²) in [6, 6.07) is 8.22. The summed E-state index contributed by atoms with van der Waals surface area (Å²) in [7, 11) is 0. The maximum absolute atomic E-state index is 9.13. The summed E-state index contributed by atoms with van der Waals surface area (Å²) >= 11 is 0. The van der Waals surface area contributed by atoms with Crippen molar-refractivity contribution in [2.45, 2.75) is 26.4 Å². The van der Waals surface area contributed by atoms with Crippen molar-refractivity contribution in [2.24, 2.45) is 5.92 Å². The van der Waals surface area contributed by atoms with Gasteiger partial charge in [-0.1, -0.05) is 0 Å². The van der Waals surface area contributed by atoms with Crippen molar-refractivity contribution in [1.29, 1.82) is 0 Å². The van der Waals surface area contributed by atoms with E-state index >= 15 is 0 Å². The van der Waals surface area contributed by atoms with E-state index in [9.17, 15) is 0 Å². The summed E-state index contributed by atoms with van der Waals surface area (Å²) in [5, 5.41) is 9.13. The van der Waals surface area contributed by atoms with Crippen molar-refractivity contribution in [2.75, 3.05) is 24.6 Å². The van der Waals surface area contributed by atoms with Crippen LogP contribution in [0.15, 0.2) is 24.3 Å². The maximum Gasteiger partial charge on any atom is 0.119 e. The third-order valence-corrected chi connectivity index (χ3v) is 3.12. The fraction of sp³-hybridized carbons (Fsp3) is 0.571. The van der Waals surface area contributed by atoms with Crippen LogP contribution < -0.4 is 9.64 Å². The molecule has 2 rings (SSSR count). The van der Waals surface area contributed by atoms with Crippen LogP contribution in [0.5, 0.6) is 5.75 Å². The van der Waals surface area contributed by atoms with Gasteiger partial charge < -0.3 is 14.7 Å². The first kappa shape index (κ1) is 12.2. The molecule has 3 heteroatoms. The zero-order valence-corrected chi connectivity index (χ0v) is 10.6. The van der Waals surface area contributed by atoms with E-state index in [1.165, 1.54) is 5.69 Å². The molecule has 0 aliphatic carbocycles. The van der Waals surface area contributed by atoms with Crippen LogP contribution in [0.1, 0.15) is 20.3 Å². The van der Waals surface area contributed by atoms with Gasteiger partial charge in [0, 0.05) is 31.3 Å². The number of aliphatic hydroxyl groups is 1. The highest BCUT2D eigenvalue weighted by atomic mass is 16.5. The van der Waals surface area contributed by atoms with Crippen molar-refractivity contribution in [3.8, 4) is 5.75 Å². The lowest BCUT2D eigenvalue weighted by Crippen LogP contribution is -2.20. The van der Waals surface area contributed by atoms with E-state index in [1.54, 1.807) is 0 Å². The second-order valence-electron chi connectivity index (χ2n) is 4.94. The normalized spacial score (nSPS) is 20.0. The average Bonchev–Trinajstić information content (AvgIpc) is 2.78. The van der Waals surface area contributed by atoms with E-state index < -0.39 is 0 Å². The third kappa shape index (κ3) is 3.13. The highest BCUT2D eigenvalue weighted by Crippen LogP contribution is 2.25. The zero-order valence-electron chi connectivity index (χ0n) is 10.6. The van der Waals surface area contributed by atoms with E-state index in [2.05, 4.69) is 17.0 Å². The second kappa shape index (κ2) is 5.41. The molecule has 1 atom stereocenters. The molecule has 1 aliphatic rings. The molecule has 17 heavy (non-hydrogen) atoms. The Balaban J connectivity index is 1.98. The van der Waals surface area contributed by atoms with E-state index in [4.69, 9.17) is 9.84 Å². The van der Waals surface area contributed by atoms with Crippen molar-refractivity contribution in [1.82, 2.24) is 0 Å². The lowest BCUT2D eigenvalue weighted by atomic mass is 10.1. The Morgan fingerprint density at radius 1 is 1.35 bits per heavy atom. The minimum atomic E-state index is 0.214. The molecule has 1 unspecified atom stereocenters. The lowest BCUT2D eigenvalue weighted by molar-refractivity contribution is 0.238. The van der Waals surface area contributed by atoms with Crippen LogP contribution in [0.2, 0.25) is 0 Å². The summed E-state index contributed by atoms with van der Waals surface area (Å²) in [5.41, 5.74) is 1.22. The van der Waals surface area contributed by atoms with Crippen LogP contribution in [-0.2, 0) is 0 Å². The molecule has 0 saturated carbocycles. The van der Waals surface area contributed by atoms with Gasteiger partial charge in [0.25, 0.3) is 0 Å². The first-order chi connectivity index (χ1) is 8.19. The fourth-order valence-corrected chi connectivity index (χ4v) is 2.22. The van der Waals surface area contributed by atoms with E-state index in [-0.39, 0.29) is 6.10 Å². The van der Waals surface area contributed by atoms with Gasteiger partial charge in [0.15, 0.2) is 0 Å². The maximum atomic E-state index is 9.13. The van der Waals surface area contributed by atoms with E-state index in [0.29, 0.717) is 12.5 Å². The van der Waals surface area contributed by atoms with Crippen LogP contribution in [0.25, 0.3) is 0 Å². The Labute approximate surface area is 103 Å². The molecular formula is C14H21NO2. The van der Waals surface area contributed by atoms with Crippen LogP contribution in [0.4, 0.5) is 5.69 Å². The molecule has 1 saturated heterocycles. The van der Waals surface area contributed by atoms with E-state index in [1.807, 2.05) is 26.0 Å². The smallest absolute Gasteiger partial charge is 0.119 e. The van der Waals surface area contributed by atoms with Gasteiger partial charge in [-0.2, -0.15) is 0 Å². The molecule has 1 aromatic rings. The van der Waals surface area contributed by atoms with Gasteiger partial charge in [0.2, 0.25) is 0 Å². The third-order valence-electron chi connectivity index (χ3n) is 3.12. The molecule has 1 N–H and O–H groups in total. The molecule has 0 spiro atoms. The van der Waals surface area contributed by atoms with Gasteiger partial charge in [0.1, 0.15) is 5.75 Å². The van der Waals surface area contributed by atoms with Gasteiger partial charge in [-0.25, -0.2) is 0 Å². The monoisotopic (exact) mass is 235 g/mol. The van der Waals surface area contributed by atoms with Crippen molar-refractivity contribution < 1.29 is 9.84 Å². The van der Waals surface area contributed by atoms with Crippen molar-refractivity contribution in [3.05, 3.63) is 24.3 Å². The number of aliphatic hydroxyl groups excluding tert-OH is 1. The first-order valence-corrected chi connectivity index (χ1v) is 6.31. The van der Waals surface area contributed by atoms with Crippen LogP contribution in [-0.4, -0.2) is 30.9 Å². The Bertz CT molecular complexity index is 348. The molecule has 1 fully saturated rings. The molecule has 94 valence electrons. The number of hydrogen-bond donors (Lipinski definition) is 1. The Kier molecular flexibility index (Phi) is 3.89. The Morgan fingerprint density at radius 2 is 2.06 bits per heavy atom. The molecule has 1 aliphatic heterocycles. The lowest BCUT2D eigenvalue weighted by Gasteiger charge is -2.19. The zero-order chi connectivity index (χ0) is 12.3. The Morgan fingerprint density at radius 3 is 2.59 bits per heavy atom.